The maximum Gasteiger partial charge on any atom is 0.302 e. The van der Waals surface area contributed by atoms with Gasteiger partial charge in [-0.3, -0.25) is 14.4 Å². The third-order valence-corrected chi connectivity index (χ3v) is 16.3. The highest BCUT2D eigenvalue weighted by Gasteiger charge is 2.70. The van der Waals surface area contributed by atoms with Crippen LogP contribution in [0.15, 0.2) is 11.6 Å². The molecule has 48 heavy (non-hydrogen) atoms. The SMILES string of the molecule is CC(=O)O[C@H]1CC[C@]2(C)[C@H]3C(=O)C=C4[C@@H]5C[C@@](C)(C(=O)NC6CC(C)(C)N([O])C(C)(C)C6)CC[C@]5(C)CC[C@@]4(C)[C@]3(C)CC[C@H]2C1(C)C. The van der Waals surface area contributed by atoms with Gasteiger partial charge in [0.05, 0.1) is 0 Å². The number of hydrogen-bond donors (Lipinski definition) is 1. The molecule has 7 nitrogen and oxygen atoms in total. The first-order valence-electron chi connectivity index (χ1n) is 19.1. The third-order valence-electron chi connectivity index (χ3n) is 16.3. The van der Waals surface area contributed by atoms with Crippen molar-refractivity contribution in [1.82, 2.24) is 10.4 Å². The molecule has 0 aromatic rings. The second kappa shape index (κ2) is 10.9. The summed E-state index contributed by atoms with van der Waals surface area (Å²) in [5.41, 5.74) is -0.901. The first-order valence-corrected chi connectivity index (χ1v) is 19.1. The first-order chi connectivity index (χ1) is 21.9. The Bertz CT molecular complexity index is 1400. The van der Waals surface area contributed by atoms with E-state index in [1.165, 1.54) is 17.6 Å². The van der Waals surface area contributed by atoms with Gasteiger partial charge < -0.3 is 10.1 Å². The van der Waals surface area contributed by atoms with Crippen molar-refractivity contribution < 1.29 is 24.3 Å². The summed E-state index contributed by atoms with van der Waals surface area (Å²) in [6.07, 6.45) is 11.7. The van der Waals surface area contributed by atoms with Gasteiger partial charge in [-0.1, -0.05) is 54.0 Å². The van der Waals surface area contributed by atoms with E-state index in [2.05, 4.69) is 59.9 Å². The molecule has 1 heterocycles. The molecule has 9 atom stereocenters. The van der Waals surface area contributed by atoms with Gasteiger partial charge in [0.2, 0.25) is 5.91 Å². The van der Waals surface area contributed by atoms with Crippen LogP contribution in [0, 0.1) is 50.2 Å². The number of ketones is 1. The van der Waals surface area contributed by atoms with Crippen LogP contribution in [-0.4, -0.2) is 45.9 Å². The molecule has 4 saturated carbocycles. The molecule has 1 N–H and O–H groups in total. The normalized spacial score (nSPS) is 46.6. The molecule has 1 saturated heterocycles. The van der Waals surface area contributed by atoms with Gasteiger partial charge in [-0.15, -0.1) is 10.3 Å². The zero-order valence-electron chi connectivity index (χ0n) is 32.2. The van der Waals surface area contributed by atoms with Crippen LogP contribution in [0.5, 0.6) is 0 Å². The van der Waals surface area contributed by atoms with E-state index in [9.17, 15) is 19.6 Å². The van der Waals surface area contributed by atoms with Gasteiger partial charge in [0.1, 0.15) is 6.10 Å². The predicted molar refractivity (Wildman–Crippen MR) is 187 cm³/mol. The smallest absolute Gasteiger partial charge is 0.302 e. The van der Waals surface area contributed by atoms with E-state index in [1.807, 2.05) is 27.7 Å². The number of rotatable bonds is 3. The molecule has 0 unspecified atom stereocenters. The lowest BCUT2D eigenvalue weighted by Gasteiger charge is -2.70. The van der Waals surface area contributed by atoms with E-state index in [4.69, 9.17) is 4.74 Å². The van der Waals surface area contributed by atoms with Crippen LogP contribution >= 0.6 is 0 Å². The van der Waals surface area contributed by atoms with E-state index in [0.717, 1.165) is 57.8 Å². The average Bonchev–Trinajstić information content (AvgIpc) is 2.95. The van der Waals surface area contributed by atoms with Crippen LogP contribution < -0.4 is 5.32 Å². The van der Waals surface area contributed by atoms with Crippen molar-refractivity contribution in [2.75, 3.05) is 0 Å². The summed E-state index contributed by atoms with van der Waals surface area (Å²) in [6, 6.07) is -0.0410. The van der Waals surface area contributed by atoms with Crippen molar-refractivity contribution in [2.24, 2.45) is 50.2 Å². The zero-order valence-corrected chi connectivity index (χ0v) is 32.2. The molecule has 5 fully saturated rings. The fourth-order valence-corrected chi connectivity index (χ4v) is 13.5. The second-order valence-corrected chi connectivity index (χ2v) is 20.7. The molecule has 0 aromatic heterocycles. The molecular formula is C41H65N2O5. The van der Waals surface area contributed by atoms with E-state index in [1.54, 1.807) is 0 Å². The summed E-state index contributed by atoms with van der Waals surface area (Å²) < 4.78 is 5.89. The van der Waals surface area contributed by atoms with Gasteiger partial charge in [0, 0.05) is 40.8 Å². The number of amides is 1. The van der Waals surface area contributed by atoms with Crippen molar-refractivity contribution in [3.8, 4) is 0 Å². The Morgan fingerprint density at radius 1 is 0.812 bits per heavy atom. The lowest BCUT2D eigenvalue weighted by atomic mass is 9.33. The monoisotopic (exact) mass is 665 g/mol. The standard InChI is InChI=1S/C41H65N2O5/c1-25(44)48-31-14-15-39(10)30(36(31,6)7)13-16-41(12)32(39)29(45)21-27-28-24-38(9,18-17-37(28,8)19-20-40(27,41)11)33(46)42-26-22-34(2,3)43(47)35(4,5)23-26/h21,26,28,30-32H,13-20,22-24H2,1-12H3,(H,42,46)/t28-,30-,31-,32+,37+,38-,39-,40+,41+/m0/s1. The van der Waals surface area contributed by atoms with Gasteiger partial charge in [-0.05, 0) is 138 Å². The molecule has 269 valence electrons. The molecule has 1 amide bonds. The van der Waals surface area contributed by atoms with E-state index < -0.39 is 16.5 Å². The number of nitrogens with zero attached hydrogens (tertiary/aromatic N) is 1. The number of fused-ring (bicyclic) bond motifs is 7. The Labute approximate surface area is 290 Å². The van der Waals surface area contributed by atoms with Crippen molar-refractivity contribution in [3.05, 3.63) is 11.6 Å². The zero-order chi connectivity index (χ0) is 35.7. The highest BCUT2D eigenvalue weighted by molar-refractivity contribution is 5.95. The number of piperidine rings is 1. The fourth-order valence-electron chi connectivity index (χ4n) is 13.5. The number of nitrogens with one attached hydrogen (secondary N) is 1. The van der Waals surface area contributed by atoms with Gasteiger partial charge in [-0.2, -0.15) is 0 Å². The van der Waals surface area contributed by atoms with E-state index in [0.29, 0.717) is 18.8 Å². The number of carbonyl (C=O) groups is 3. The fraction of sp³-hybridized carbons (Fsp3) is 0.878. The maximum atomic E-state index is 14.8. The number of ether oxygens (including phenoxy) is 1. The van der Waals surface area contributed by atoms with E-state index in [-0.39, 0.29) is 68.7 Å². The molecule has 5 aliphatic carbocycles. The molecule has 0 spiro atoms. The number of esters is 1. The summed E-state index contributed by atoms with van der Waals surface area (Å²) in [7, 11) is 0. The Morgan fingerprint density at radius 3 is 2.02 bits per heavy atom. The average molecular weight is 666 g/mol. The number of hydroxylamine groups is 2. The summed E-state index contributed by atoms with van der Waals surface area (Å²) in [6.45, 7) is 25.8. The summed E-state index contributed by atoms with van der Waals surface area (Å²) in [4.78, 5) is 41.1. The van der Waals surface area contributed by atoms with Gasteiger partial charge in [0.15, 0.2) is 5.78 Å². The highest BCUT2D eigenvalue weighted by Crippen LogP contribution is 2.75. The molecule has 7 heteroatoms. The first kappa shape index (κ1) is 36.1. The van der Waals surface area contributed by atoms with Crippen LogP contribution in [0.3, 0.4) is 0 Å². The summed E-state index contributed by atoms with van der Waals surface area (Å²) in [5.74, 6) is 0.581. The quantitative estimate of drug-likeness (QED) is 0.306. The lowest BCUT2D eigenvalue weighted by Crippen LogP contribution is -2.67. The minimum atomic E-state index is -0.541. The highest BCUT2D eigenvalue weighted by atomic mass is 16.5. The number of allylic oxidation sites excluding steroid dienone is 2. The van der Waals surface area contributed by atoms with Crippen molar-refractivity contribution in [3.63, 3.8) is 0 Å². The van der Waals surface area contributed by atoms with Gasteiger partial charge >= 0.3 is 5.97 Å². The Hall–Kier alpha value is -1.73. The molecule has 6 aliphatic rings. The molecule has 1 radical (unpaired) electrons. The van der Waals surface area contributed by atoms with Gasteiger partial charge in [0.25, 0.3) is 0 Å². The number of hydrogen-bond acceptors (Lipinski definition) is 5. The van der Waals surface area contributed by atoms with Crippen molar-refractivity contribution >= 4 is 17.7 Å². The predicted octanol–water partition coefficient (Wildman–Crippen LogP) is 8.38. The molecule has 1 aliphatic heterocycles. The topological polar surface area (TPSA) is 95.6 Å². The maximum absolute atomic E-state index is 14.8. The summed E-state index contributed by atoms with van der Waals surface area (Å²) >= 11 is 0. The molecular weight excluding hydrogens is 600 g/mol. The third kappa shape index (κ3) is 5.04. The van der Waals surface area contributed by atoms with Crippen molar-refractivity contribution in [2.45, 2.75) is 177 Å². The van der Waals surface area contributed by atoms with Crippen LogP contribution in [0.1, 0.15) is 154 Å². The van der Waals surface area contributed by atoms with E-state index >= 15 is 0 Å². The molecule has 6 rings (SSSR count). The minimum Gasteiger partial charge on any atom is -0.462 e. The Kier molecular flexibility index (Phi) is 8.18. The van der Waals surface area contributed by atoms with Gasteiger partial charge in [-0.25, -0.2) is 0 Å². The van der Waals surface area contributed by atoms with Crippen LogP contribution in [0.2, 0.25) is 0 Å². The van der Waals surface area contributed by atoms with Crippen LogP contribution in [-0.2, 0) is 24.3 Å². The van der Waals surface area contributed by atoms with Crippen LogP contribution in [0.25, 0.3) is 0 Å². The molecule has 0 aromatic carbocycles. The Balaban J connectivity index is 1.30. The van der Waals surface area contributed by atoms with Crippen molar-refractivity contribution in [1.29, 1.82) is 0 Å². The largest absolute Gasteiger partial charge is 0.462 e. The van der Waals surface area contributed by atoms with Crippen LogP contribution in [0.4, 0.5) is 0 Å². The lowest BCUT2D eigenvalue weighted by molar-refractivity contribution is -0.290. The molecule has 0 bridgehead atoms. The summed E-state index contributed by atoms with van der Waals surface area (Å²) in [5, 5.41) is 17.7. The minimum absolute atomic E-state index is 0.0410. The second-order valence-electron chi connectivity index (χ2n) is 20.7. The number of carbonyl (C=O) groups excluding carboxylic acids is 3. The Morgan fingerprint density at radius 2 is 1.42 bits per heavy atom.